The Morgan fingerprint density at radius 3 is 2.07 bits per heavy atom. The van der Waals surface area contributed by atoms with Crippen LogP contribution in [0.25, 0.3) is 0 Å². The van der Waals surface area contributed by atoms with Crippen LogP contribution in [-0.4, -0.2) is 45.5 Å². The monoisotopic (exact) mass is 401 g/mol. The molecule has 0 saturated heterocycles. The molecule has 0 radical (unpaired) electrons. The molecule has 0 aromatic heterocycles. The van der Waals surface area contributed by atoms with Crippen molar-refractivity contribution >= 4 is 23.3 Å². The first-order valence-corrected chi connectivity index (χ1v) is 8.63. The zero-order valence-electron chi connectivity index (χ0n) is 16.6. The smallest absolute Gasteiger partial charge is 0.269 e. The van der Waals surface area contributed by atoms with Crippen molar-refractivity contribution in [3.8, 4) is 17.2 Å². The van der Waals surface area contributed by atoms with Gasteiger partial charge in [-0.1, -0.05) is 12.1 Å². The molecule has 3 N–H and O–H groups in total. The van der Waals surface area contributed by atoms with Gasteiger partial charge in [0, 0.05) is 16.8 Å². The average Bonchev–Trinajstić information content (AvgIpc) is 2.74. The number of Topliss-reactive ketones (excluding diaryl/α,β-unsaturated/α-hetero) is 1. The molecule has 0 unspecified atom stereocenters. The molecule has 0 bridgehead atoms. The number of rotatable bonds is 8. The van der Waals surface area contributed by atoms with E-state index < -0.39 is 11.8 Å². The first-order chi connectivity index (χ1) is 13.9. The van der Waals surface area contributed by atoms with Crippen molar-refractivity contribution in [1.29, 1.82) is 0 Å². The summed E-state index contributed by atoms with van der Waals surface area (Å²) in [6.45, 7) is 1.36. The van der Waals surface area contributed by atoms with Crippen molar-refractivity contribution in [1.82, 2.24) is 10.9 Å². The number of ketones is 1. The van der Waals surface area contributed by atoms with Crippen LogP contribution in [0, 0.1) is 0 Å². The highest BCUT2D eigenvalue weighted by Crippen LogP contribution is 2.38. The second kappa shape index (κ2) is 9.98. The zero-order valence-corrected chi connectivity index (χ0v) is 16.6. The topological polar surface area (TPSA) is 115 Å². The van der Waals surface area contributed by atoms with Gasteiger partial charge >= 0.3 is 0 Å². The van der Waals surface area contributed by atoms with Gasteiger partial charge in [0.25, 0.3) is 11.8 Å². The van der Waals surface area contributed by atoms with Crippen LogP contribution in [0.5, 0.6) is 17.2 Å². The number of hydrogen-bond acceptors (Lipinski definition) is 7. The van der Waals surface area contributed by atoms with Crippen molar-refractivity contribution in [2.45, 2.75) is 6.92 Å². The summed E-state index contributed by atoms with van der Waals surface area (Å²) < 4.78 is 15.6. The Hall–Kier alpha value is -3.75. The fraction of sp³-hybridized carbons (Fsp3) is 0.250. The molecule has 0 aliphatic rings. The minimum absolute atomic E-state index is 0.0734. The number of hydrazine groups is 1. The Labute approximate surface area is 168 Å². The van der Waals surface area contributed by atoms with E-state index in [1.165, 1.54) is 40.4 Å². The SMILES string of the molecule is COc1cc(C(=O)NNC(=O)CNc2cccc(C(C)=O)c2)cc(OC)c1OC. The number of nitrogens with one attached hydrogen (secondary N) is 3. The standard InChI is InChI=1S/C20H23N3O6/c1-12(24)13-6-5-7-15(8-13)21-11-18(25)22-23-20(26)14-9-16(27-2)19(29-4)17(10-14)28-3/h5-10,21H,11H2,1-4H3,(H,22,25)(H,23,26). The number of carbonyl (C=O) groups is 3. The molecule has 0 spiro atoms. The average molecular weight is 401 g/mol. The normalized spacial score (nSPS) is 9.93. The van der Waals surface area contributed by atoms with E-state index in [4.69, 9.17) is 14.2 Å². The summed E-state index contributed by atoms with van der Waals surface area (Å²) in [6.07, 6.45) is 0. The minimum Gasteiger partial charge on any atom is -0.493 e. The lowest BCUT2D eigenvalue weighted by Gasteiger charge is -2.14. The molecule has 0 saturated carbocycles. The van der Waals surface area contributed by atoms with Crippen LogP contribution in [0.4, 0.5) is 5.69 Å². The summed E-state index contributed by atoms with van der Waals surface area (Å²) >= 11 is 0. The van der Waals surface area contributed by atoms with Gasteiger partial charge in [-0.05, 0) is 31.2 Å². The van der Waals surface area contributed by atoms with E-state index in [9.17, 15) is 14.4 Å². The third-order valence-corrected chi connectivity index (χ3v) is 3.96. The molecule has 29 heavy (non-hydrogen) atoms. The Morgan fingerprint density at radius 1 is 0.862 bits per heavy atom. The summed E-state index contributed by atoms with van der Waals surface area (Å²) in [7, 11) is 4.33. The van der Waals surface area contributed by atoms with E-state index >= 15 is 0 Å². The maximum absolute atomic E-state index is 12.3. The molecular formula is C20H23N3O6. The first-order valence-electron chi connectivity index (χ1n) is 8.63. The summed E-state index contributed by atoms with van der Waals surface area (Å²) in [5.74, 6) is -0.121. The van der Waals surface area contributed by atoms with Gasteiger partial charge < -0.3 is 19.5 Å². The fourth-order valence-corrected chi connectivity index (χ4v) is 2.49. The second-order valence-electron chi connectivity index (χ2n) is 5.91. The largest absolute Gasteiger partial charge is 0.493 e. The van der Waals surface area contributed by atoms with E-state index in [1.807, 2.05) is 0 Å². The molecule has 9 nitrogen and oxygen atoms in total. The number of hydrogen-bond donors (Lipinski definition) is 3. The molecule has 0 fully saturated rings. The van der Waals surface area contributed by atoms with E-state index in [2.05, 4.69) is 16.2 Å². The number of carbonyl (C=O) groups excluding carboxylic acids is 3. The highest BCUT2D eigenvalue weighted by atomic mass is 16.5. The van der Waals surface area contributed by atoms with Crippen LogP contribution in [-0.2, 0) is 4.79 Å². The Balaban J connectivity index is 1.96. The van der Waals surface area contributed by atoms with E-state index in [1.54, 1.807) is 24.3 Å². The highest BCUT2D eigenvalue weighted by Gasteiger charge is 2.17. The van der Waals surface area contributed by atoms with Crippen molar-refractivity contribution in [3.63, 3.8) is 0 Å². The molecule has 0 heterocycles. The molecule has 2 aromatic carbocycles. The third kappa shape index (κ3) is 5.61. The quantitative estimate of drug-likeness (QED) is 0.456. The highest BCUT2D eigenvalue weighted by molar-refractivity contribution is 5.97. The van der Waals surface area contributed by atoms with Crippen molar-refractivity contribution in [2.75, 3.05) is 33.2 Å². The van der Waals surface area contributed by atoms with Gasteiger partial charge in [0.15, 0.2) is 17.3 Å². The maximum atomic E-state index is 12.3. The van der Waals surface area contributed by atoms with Gasteiger partial charge in [-0.2, -0.15) is 0 Å². The van der Waals surface area contributed by atoms with Crippen LogP contribution in [0.15, 0.2) is 36.4 Å². The first kappa shape index (κ1) is 21.5. The lowest BCUT2D eigenvalue weighted by atomic mass is 10.1. The number of anilines is 1. The maximum Gasteiger partial charge on any atom is 0.269 e. The third-order valence-electron chi connectivity index (χ3n) is 3.96. The number of benzene rings is 2. The Bertz CT molecular complexity index is 888. The molecule has 0 atom stereocenters. The predicted octanol–water partition coefficient (Wildman–Crippen LogP) is 1.79. The van der Waals surface area contributed by atoms with Gasteiger partial charge in [-0.3, -0.25) is 25.2 Å². The van der Waals surface area contributed by atoms with Gasteiger partial charge in [0.1, 0.15) is 0 Å². The van der Waals surface area contributed by atoms with Crippen molar-refractivity contribution in [2.24, 2.45) is 0 Å². The summed E-state index contributed by atoms with van der Waals surface area (Å²) in [5, 5.41) is 2.88. The number of amides is 2. The Morgan fingerprint density at radius 2 is 1.52 bits per heavy atom. The molecule has 154 valence electrons. The number of ether oxygens (including phenoxy) is 3. The lowest BCUT2D eigenvalue weighted by Crippen LogP contribution is -2.44. The minimum atomic E-state index is -0.559. The molecule has 0 aliphatic heterocycles. The summed E-state index contributed by atoms with van der Waals surface area (Å²) in [4.78, 5) is 35.7. The predicted molar refractivity (Wildman–Crippen MR) is 107 cm³/mol. The Kier molecular flexibility index (Phi) is 7.41. The van der Waals surface area contributed by atoms with Crippen LogP contribution in [0.1, 0.15) is 27.6 Å². The van der Waals surface area contributed by atoms with Gasteiger partial charge in [0.05, 0.1) is 27.9 Å². The second-order valence-corrected chi connectivity index (χ2v) is 5.91. The van der Waals surface area contributed by atoms with Crippen molar-refractivity contribution < 1.29 is 28.6 Å². The lowest BCUT2D eigenvalue weighted by molar-refractivity contribution is -0.120. The van der Waals surface area contributed by atoms with Crippen LogP contribution < -0.4 is 30.4 Å². The molecular weight excluding hydrogens is 378 g/mol. The number of methoxy groups -OCH3 is 3. The van der Waals surface area contributed by atoms with Crippen LogP contribution >= 0.6 is 0 Å². The van der Waals surface area contributed by atoms with Crippen molar-refractivity contribution in [3.05, 3.63) is 47.5 Å². The van der Waals surface area contributed by atoms with Gasteiger partial charge in [-0.15, -0.1) is 0 Å². The van der Waals surface area contributed by atoms with E-state index in [-0.39, 0.29) is 17.9 Å². The van der Waals surface area contributed by atoms with Crippen LogP contribution in [0.3, 0.4) is 0 Å². The molecule has 2 rings (SSSR count). The molecule has 2 aromatic rings. The van der Waals surface area contributed by atoms with Crippen LogP contribution in [0.2, 0.25) is 0 Å². The summed E-state index contributed by atoms with van der Waals surface area (Å²) in [5.41, 5.74) is 5.99. The molecule has 9 heteroatoms. The summed E-state index contributed by atoms with van der Waals surface area (Å²) in [6, 6.07) is 9.70. The van der Waals surface area contributed by atoms with E-state index in [0.717, 1.165) is 0 Å². The van der Waals surface area contributed by atoms with E-state index in [0.29, 0.717) is 28.5 Å². The van der Waals surface area contributed by atoms with Gasteiger partial charge in [0.2, 0.25) is 5.75 Å². The van der Waals surface area contributed by atoms with Gasteiger partial charge in [-0.25, -0.2) is 0 Å². The zero-order chi connectivity index (χ0) is 21.4. The fourth-order valence-electron chi connectivity index (χ4n) is 2.49. The molecule has 2 amide bonds. The molecule has 0 aliphatic carbocycles.